The van der Waals surface area contributed by atoms with Gasteiger partial charge in [0, 0.05) is 36.8 Å². The van der Waals surface area contributed by atoms with Gasteiger partial charge in [-0.15, -0.1) is 0 Å². The van der Waals surface area contributed by atoms with Crippen LogP contribution in [0.25, 0.3) is 0 Å². The standard InChI is InChI=1S/C14H19ClN2O2/c1-11-2-3-12(10-13(11)15)16-14(18)4-5-17-6-8-19-9-7-17/h2-3,10H,4-9H2,1H3,(H,16,18). The molecule has 1 saturated heterocycles. The van der Waals surface area contributed by atoms with Gasteiger partial charge in [-0.25, -0.2) is 0 Å². The first kappa shape index (κ1) is 14.3. The Morgan fingerprint density at radius 3 is 2.84 bits per heavy atom. The molecule has 0 bridgehead atoms. The van der Waals surface area contributed by atoms with Crippen LogP contribution in [-0.4, -0.2) is 43.7 Å². The summed E-state index contributed by atoms with van der Waals surface area (Å²) < 4.78 is 5.27. The molecular formula is C14H19ClN2O2. The van der Waals surface area contributed by atoms with Gasteiger partial charge in [0.1, 0.15) is 0 Å². The second-order valence-corrected chi connectivity index (χ2v) is 5.12. The molecule has 0 saturated carbocycles. The molecule has 1 aromatic carbocycles. The molecule has 1 aliphatic heterocycles. The number of anilines is 1. The number of nitrogens with zero attached hydrogens (tertiary/aromatic N) is 1. The Bertz CT molecular complexity index is 445. The average Bonchev–Trinajstić information content (AvgIpc) is 2.42. The highest BCUT2D eigenvalue weighted by Gasteiger charge is 2.12. The monoisotopic (exact) mass is 282 g/mol. The van der Waals surface area contributed by atoms with Crippen molar-refractivity contribution in [2.75, 3.05) is 38.2 Å². The number of morpholine rings is 1. The SMILES string of the molecule is Cc1ccc(NC(=O)CCN2CCOCC2)cc1Cl. The number of nitrogens with one attached hydrogen (secondary N) is 1. The summed E-state index contributed by atoms with van der Waals surface area (Å²) in [6, 6.07) is 5.55. The number of hydrogen-bond acceptors (Lipinski definition) is 3. The number of amides is 1. The Balaban J connectivity index is 1.78. The summed E-state index contributed by atoms with van der Waals surface area (Å²) in [4.78, 5) is 14.1. The van der Waals surface area contributed by atoms with Crippen molar-refractivity contribution in [3.8, 4) is 0 Å². The lowest BCUT2D eigenvalue weighted by molar-refractivity contribution is -0.116. The number of ether oxygens (including phenoxy) is 1. The fraction of sp³-hybridized carbons (Fsp3) is 0.500. The van der Waals surface area contributed by atoms with E-state index >= 15 is 0 Å². The van der Waals surface area contributed by atoms with E-state index in [2.05, 4.69) is 10.2 Å². The summed E-state index contributed by atoms with van der Waals surface area (Å²) in [6.45, 7) is 6.04. The Hall–Kier alpha value is -1.10. The number of carbonyl (C=O) groups excluding carboxylic acids is 1. The molecule has 1 heterocycles. The molecule has 1 amide bonds. The fourth-order valence-electron chi connectivity index (χ4n) is 1.98. The first-order valence-corrected chi connectivity index (χ1v) is 6.89. The molecule has 19 heavy (non-hydrogen) atoms. The molecule has 1 aromatic rings. The van der Waals surface area contributed by atoms with Crippen molar-refractivity contribution >= 4 is 23.2 Å². The minimum atomic E-state index is 0.0198. The highest BCUT2D eigenvalue weighted by atomic mass is 35.5. The molecule has 2 rings (SSSR count). The van der Waals surface area contributed by atoms with Crippen LogP contribution in [-0.2, 0) is 9.53 Å². The number of hydrogen-bond donors (Lipinski definition) is 1. The number of rotatable bonds is 4. The zero-order chi connectivity index (χ0) is 13.7. The normalized spacial score (nSPS) is 16.3. The van der Waals surface area contributed by atoms with Crippen LogP contribution in [0.4, 0.5) is 5.69 Å². The molecule has 0 unspecified atom stereocenters. The largest absolute Gasteiger partial charge is 0.379 e. The van der Waals surface area contributed by atoms with Gasteiger partial charge in [-0.3, -0.25) is 9.69 Å². The van der Waals surface area contributed by atoms with Gasteiger partial charge in [-0.1, -0.05) is 17.7 Å². The van der Waals surface area contributed by atoms with Crippen molar-refractivity contribution in [2.45, 2.75) is 13.3 Å². The van der Waals surface area contributed by atoms with Crippen LogP contribution in [0.15, 0.2) is 18.2 Å². The van der Waals surface area contributed by atoms with E-state index in [1.54, 1.807) is 6.07 Å². The summed E-state index contributed by atoms with van der Waals surface area (Å²) in [7, 11) is 0. The quantitative estimate of drug-likeness (QED) is 0.921. The van der Waals surface area contributed by atoms with Gasteiger partial charge in [0.15, 0.2) is 0 Å². The summed E-state index contributed by atoms with van der Waals surface area (Å²) in [6.07, 6.45) is 0.492. The summed E-state index contributed by atoms with van der Waals surface area (Å²) in [5.74, 6) is 0.0198. The number of carbonyl (C=O) groups is 1. The van der Waals surface area contributed by atoms with Crippen molar-refractivity contribution in [2.24, 2.45) is 0 Å². The molecule has 1 aliphatic rings. The minimum Gasteiger partial charge on any atom is -0.379 e. The second-order valence-electron chi connectivity index (χ2n) is 4.72. The molecule has 104 valence electrons. The zero-order valence-corrected chi connectivity index (χ0v) is 11.9. The smallest absolute Gasteiger partial charge is 0.225 e. The van der Waals surface area contributed by atoms with Crippen LogP contribution in [0.2, 0.25) is 5.02 Å². The maximum atomic E-state index is 11.8. The molecule has 0 aromatic heterocycles. The van der Waals surface area contributed by atoms with Crippen LogP contribution in [0.3, 0.4) is 0 Å². The van der Waals surface area contributed by atoms with Crippen LogP contribution < -0.4 is 5.32 Å². The molecule has 0 atom stereocenters. The second kappa shape index (κ2) is 6.89. The van der Waals surface area contributed by atoms with E-state index in [1.165, 1.54) is 0 Å². The van der Waals surface area contributed by atoms with E-state index in [1.807, 2.05) is 19.1 Å². The highest BCUT2D eigenvalue weighted by Crippen LogP contribution is 2.20. The Morgan fingerprint density at radius 2 is 2.16 bits per heavy atom. The maximum absolute atomic E-state index is 11.8. The topological polar surface area (TPSA) is 41.6 Å². The summed E-state index contributed by atoms with van der Waals surface area (Å²) in [5, 5.41) is 3.54. The molecular weight excluding hydrogens is 264 g/mol. The number of aryl methyl sites for hydroxylation is 1. The van der Waals surface area contributed by atoms with Gasteiger partial charge < -0.3 is 10.1 Å². The molecule has 1 fully saturated rings. The molecule has 4 nitrogen and oxygen atoms in total. The predicted octanol–water partition coefficient (Wildman–Crippen LogP) is 2.31. The van der Waals surface area contributed by atoms with Gasteiger partial charge in [0.2, 0.25) is 5.91 Å². The van der Waals surface area contributed by atoms with Crippen LogP contribution in [0, 0.1) is 6.92 Å². The molecule has 0 radical (unpaired) electrons. The maximum Gasteiger partial charge on any atom is 0.225 e. The number of benzene rings is 1. The Morgan fingerprint density at radius 1 is 1.42 bits per heavy atom. The van der Waals surface area contributed by atoms with Crippen LogP contribution in [0.5, 0.6) is 0 Å². The lowest BCUT2D eigenvalue weighted by Gasteiger charge is -2.26. The van der Waals surface area contributed by atoms with E-state index < -0.39 is 0 Å². The van der Waals surface area contributed by atoms with Gasteiger partial charge in [-0.05, 0) is 24.6 Å². The minimum absolute atomic E-state index is 0.0198. The van der Waals surface area contributed by atoms with Gasteiger partial charge in [0.05, 0.1) is 13.2 Å². The van der Waals surface area contributed by atoms with Crippen molar-refractivity contribution in [1.29, 1.82) is 0 Å². The van der Waals surface area contributed by atoms with Gasteiger partial charge >= 0.3 is 0 Å². The molecule has 5 heteroatoms. The Kier molecular flexibility index (Phi) is 5.19. The number of halogens is 1. The van der Waals surface area contributed by atoms with Crippen molar-refractivity contribution in [1.82, 2.24) is 4.90 Å². The van der Waals surface area contributed by atoms with E-state index in [-0.39, 0.29) is 5.91 Å². The van der Waals surface area contributed by atoms with E-state index in [0.29, 0.717) is 11.4 Å². The van der Waals surface area contributed by atoms with Gasteiger partial charge in [-0.2, -0.15) is 0 Å². The van der Waals surface area contributed by atoms with Crippen molar-refractivity contribution in [3.05, 3.63) is 28.8 Å². The third-order valence-electron chi connectivity index (χ3n) is 3.21. The van der Waals surface area contributed by atoms with Crippen molar-refractivity contribution < 1.29 is 9.53 Å². The Labute approximate surface area is 118 Å². The fourth-order valence-corrected chi connectivity index (χ4v) is 2.16. The van der Waals surface area contributed by atoms with Crippen LogP contribution >= 0.6 is 11.6 Å². The molecule has 1 N–H and O–H groups in total. The highest BCUT2D eigenvalue weighted by molar-refractivity contribution is 6.31. The third-order valence-corrected chi connectivity index (χ3v) is 3.62. The molecule has 0 spiro atoms. The zero-order valence-electron chi connectivity index (χ0n) is 11.1. The van der Waals surface area contributed by atoms with E-state index in [0.717, 1.165) is 44.1 Å². The summed E-state index contributed by atoms with van der Waals surface area (Å²) >= 11 is 6.02. The first-order chi connectivity index (χ1) is 9.15. The third kappa shape index (κ3) is 4.49. The first-order valence-electron chi connectivity index (χ1n) is 6.51. The van der Waals surface area contributed by atoms with Gasteiger partial charge in [0.25, 0.3) is 0 Å². The lowest BCUT2D eigenvalue weighted by atomic mass is 10.2. The van der Waals surface area contributed by atoms with E-state index in [4.69, 9.17) is 16.3 Å². The molecule has 0 aliphatic carbocycles. The van der Waals surface area contributed by atoms with E-state index in [9.17, 15) is 4.79 Å². The summed E-state index contributed by atoms with van der Waals surface area (Å²) in [5.41, 5.74) is 1.76. The average molecular weight is 283 g/mol. The predicted molar refractivity (Wildman–Crippen MR) is 76.7 cm³/mol. The lowest BCUT2D eigenvalue weighted by Crippen LogP contribution is -2.38. The van der Waals surface area contributed by atoms with Crippen molar-refractivity contribution in [3.63, 3.8) is 0 Å². The van der Waals surface area contributed by atoms with Crippen LogP contribution in [0.1, 0.15) is 12.0 Å².